The standard InChI is InChI=1S/C18H32F5/c1-2-3-4-5-6-7-8-9-10-11-12-13-14-15-16-17(19,20)18(21,22)23/h1-16H2. The van der Waals surface area contributed by atoms with Crippen molar-refractivity contribution in [1.82, 2.24) is 0 Å². The van der Waals surface area contributed by atoms with Gasteiger partial charge in [-0.2, -0.15) is 22.0 Å². The van der Waals surface area contributed by atoms with Crippen molar-refractivity contribution in [3.8, 4) is 0 Å². The molecule has 0 aliphatic carbocycles. The van der Waals surface area contributed by atoms with E-state index in [1.165, 1.54) is 44.9 Å². The lowest BCUT2D eigenvalue weighted by Gasteiger charge is -2.19. The van der Waals surface area contributed by atoms with Gasteiger partial charge in [-0.05, 0) is 6.42 Å². The third-order valence-electron chi connectivity index (χ3n) is 4.16. The zero-order chi connectivity index (χ0) is 17.6. The lowest BCUT2D eigenvalue weighted by Crippen LogP contribution is -2.36. The van der Waals surface area contributed by atoms with Crippen LogP contribution in [-0.2, 0) is 0 Å². The van der Waals surface area contributed by atoms with Crippen molar-refractivity contribution in [3.63, 3.8) is 0 Å². The Bertz CT molecular complexity index is 261. The number of hydrogen-bond donors (Lipinski definition) is 0. The lowest BCUT2D eigenvalue weighted by molar-refractivity contribution is -0.284. The molecule has 0 spiro atoms. The van der Waals surface area contributed by atoms with Crippen molar-refractivity contribution in [3.05, 3.63) is 6.92 Å². The van der Waals surface area contributed by atoms with Crippen molar-refractivity contribution in [2.75, 3.05) is 0 Å². The fourth-order valence-electron chi connectivity index (χ4n) is 2.61. The van der Waals surface area contributed by atoms with E-state index in [4.69, 9.17) is 0 Å². The molecule has 0 aromatic rings. The van der Waals surface area contributed by atoms with Crippen LogP contribution in [0, 0.1) is 6.92 Å². The van der Waals surface area contributed by atoms with E-state index in [0.717, 1.165) is 32.1 Å². The largest absolute Gasteiger partial charge is 0.453 e. The zero-order valence-corrected chi connectivity index (χ0v) is 14.2. The van der Waals surface area contributed by atoms with Gasteiger partial charge in [-0.3, -0.25) is 0 Å². The van der Waals surface area contributed by atoms with E-state index in [0.29, 0.717) is 6.42 Å². The molecule has 0 amide bonds. The molecule has 0 rings (SSSR count). The molecule has 0 unspecified atom stereocenters. The molecule has 0 fully saturated rings. The first-order chi connectivity index (χ1) is 10.8. The second kappa shape index (κ2) is 13.0. The van der Waals surface area contributed by atoms with Gasteiger partial charge in [0.1, 0.15) is 0 Å². The minimum atomic E-state index is -5.40. The van der Waals surface area contributed by atoms with Crippen LogP contribution < -0.4 is 0 Å². The number of rotatable bonds is 15. The van der Waals surface area contributed by atoms with Crippen LogP contribution in [-0.4, -0.2) is 12.1 Å². The number of unbranched alkanes of at least 4 members (excludes halogenated alkanes) is 13. The monoisotopic (exact) mass is 343 g/mol. The molecule has 0 nitrogen and oxygen atoms in total. The van der Waals surface area contributed by atoms with Crippen molar-refractivity contribution >= 4 is 0 Å². The summed E-state index contributed by atoms with van der Waals surface area (Å²) in [7, 11) is 0. The molecule has 1 radical (unpaired) electrons. The fraction of sp³-hybridized carbons (Fsp3) is 0.944. The third-order valence-corrected chi connectivity index (χ3v) is 4.16. The highest BCUT2D eigenvalue weighted by molar-refractivity contribution is 4.75. The highest BCUT2D eigenvalue weighted by Crippen LogP contribution is 2.39. The summed E-state index contributed by atoms with van der Waals surface area (Å²) in [5.74, 6) is -4.53. The number of hydrogen-bond acceptors (Lipinski definition) is 0. The Morgan fingerprint density at radius 3 is 1.09 bits per heavy atom. The highest BCUT2D eigenvalue weighted by atomic mass is 19.4. The van der Waals surface area contributed by atoms with E-state index in [1.54, 1.807) is 0 Å². The van der Waals surface area contributed by atoms with Gasteiger partial charge in [0.2, 0.25) is 0 Å². The van der Waals surface area contributed by atoms with E-state index in [9.17, 15) is 22.0 Å². The number of halogens is 5. The Hall–Kier alpha value is -0.350. The third kappa shape index (κ3) is 12.7. The summed E-state index contributed by atoms with van der Waals surface area (Å²) in [4.78, 5) is 0. The maximum Gasteiger partial charge on any atom is 0.453 e. The van der Waals surface area contributed by atoms with E-state index in [-0.39, 0.29) is 6.42 Å². The van der Waals surface area contributed by atoms with E-state index < -0.39 is 18.5 Å². The molecule has 23 heavy (non-hydrogen) atoms. The van der Waals surface area contributed by atoms with Crippen molar-refractivity contribution in [2.24, 2.45) is 0 Å². The molecule has 0 saturated carbocycles. The zero-order valence-electron chi connectivity index (χ0n) is 14.2. The Morgan fingerprint density at radius 2 is 0.783 bits per heavy atom. The van der Waals surface area contributed by atoms with Crippen LogP contribution in [0.15, 0.2) is 0 Å². The van der Waals surface area contributed by atoms with E-state index >= 15 is 0 Å². The normalized spacial score (nSPS) is 12.8. The summed E-state index contributed by atoms with van der Waals surface area (Å²) < 4.78 is 61.1. The minimum absolute atomic E-state index is 0.0558. The average molecular weight is 343 g/mol. The Labute approximate surface area is 138 Å². The Morgan fingerprint density at radius 1 is 0.478 bits per heavy atom. The Balaban J connectivity index is 3.25. The maximum absolute atomic E-state index is 12.6. The smallest absolute Gasteiger partial charge is 0.196 e. The molecule has 0 N–H and O–H groups in total. The number of alkyl halides is 5. The fourth-order valence-corrected chi connectivity index (χ4v) is 2.61. The Kier molecular flexibility index (Phi) is 12.8. The highest BCUT2D eigenvalue weighted by Gasteiger charge is 2.56. The van der Waals surface area contributed by atoms with Gasteiger partial charge in [-0.25, -0.2) is 0 Å². The van der Waals surface area contributed by atoms with Crippen LogP contribution in [0.5, 0.6) is 0 Å². The van der Waals surface area contributed by atoms with E-state index in [1.807, 2.05) is 0 Å². The minimum Gasteiger partial charge on any atom is -0.196 e. The molecule has 5 heteroatoms. The summed E-state index contributed by atoms with van der Waals surface area (Å²) in [6.45, 7) is 3.82. The first-order valence-corrected chi connectivity index (χ1v) is 9.05. The van der Waals surface area contributed by atoms with E-state index in [2.05, 4.69) is 6.92 Å². The summed E-state index contributed by atoms with van der Waals surface area (Å²) in [5, 5.41) is 0. The van der Waals surface area contributed by atoms with Crippen molar-refractivity contribution < 1.29 is 22.0 Å². The molecule has 0 saturated heterocycles. The molecule has 139 valence electrons. The molecule has 0 aromatic carbocycles. The average Bonchev–Trinajstić information content (AvgIpc) is 2.46. The summed E-state index contributed by atoms with van der Waals surface area (Å²) in [5.41, 5.74) is 0. The van der Waals surface area contributed by atoms with Gasteiger partial charge in [-0.15, -0.1) is 0 Å². The van der Waals surface area contributed by atoms with Gasteiger partial charge in [0.05, 0.1) is 0 Å². The first-order valence-electron chi connectivity index (χ1n) is 9.05. The van der Waals surface area contributed by atoms with Crippen LogP contribution in [0.1, 0.15) is 96.3 Å². The molecule has 0 aromatic heterocycles. The van der Waals surface area contributed by atoms with Crippen LogP contribution in [0.4, 0.5) is 22.0 Å². The second-order valence-electron chi connectivity index (χ2n) is 6.40. The summed E-state index contributed by atoms with van der Waals surface area (Å²) in [6.07, 6.45) is 7.58. The lowest BCUT2D eigenvalue weighted by atomic mass is 10.0. The second-order valence-corrected chi connectivity index (χ2v) is 6.40. The van der Waals surface area contributed by atoms with Gasteiger partial charge in [-0.1, -0.05) is 90.4 Å². The topological polar surface area (TPSA) is 0 Å². The van der Waals surface area contributed by atoms with Gasteiger partial charge < -0.3 is 0 Å². The van der Waals surface area contributed by atoms with Crippen LogP contribution in [0.2, 0.25) is 0 Å². The van der Waals surface area contributed by atoms with Crippen LogP contribution >= 0.6 is 0 Å². The van der Waals surface area contributed by atoms with Gasteiger partial charge in [0.15, 0.2) is 0 Å². The van der Waals surface area contributed by atoms with Crippen LogP contribution in [0.25, 0.3) is 0 Å². The molecular weight excluding hydrogens is 311 g/mol. The molecule has 0 heterocycles. The van der Waals surface area contributed by atoms with Crippen molar-refractivity contribution in [2.45, 2.75) is 108 Å². The predicted molar refractivity (Wildman–Crippen MR) is 85.6 cm³/mol. The summed E-state index contributed by atoms with van der Waals surface area (Å²) >= 11 is 0. The first kappa shape index (κ1) is 22.6. The molecule has 0 atom stereocenters. The molecule has 0 aliphatic rings. The molecule has 0 aliphatic heterocycles. The van der Waals surface area contributed by atoms with Crippen LogP contribution in [0.3, 0.4) is 0 Å². The van der Waals surface area contributed by atoms with Gasteiger partial charge >= 0.3 is 12.1 Å². The SMILES string of the molecule is [CH2]CCCCCCCCCCCCCCCC(F)(F)C(F)(F)F. The predicted octanol–water partition coefficient (Wildman–Crippen LogP) is 7.87. The molecular formula is C18H32F5. The molecule has 0 bridgehead atoms. The summed E-state index contributed by atoms with van der Waals surface area (Å²) in [6, 6.07) is 0. The quantitative estimate of drug-likeness (QED) is 0.210. The van der Waals surface area contributed by atoms with Crippen molar-refractivity contribution in [1.29, 1.82) is 0 Å². The van der Waals surface area contributed by atoms with Gasteiger partial charge in [0, 0.05) is 6.42 Å². The van der Waals surface area contributed by atoms with Gasteiger partial charge in [0.25, 0.3) is 0 Å². The maximum atomic E-state index is 12.6.